The van der Waals surface area contributed by atoms with E-state index in [0.717, 1.165) is 0 Å². The van der Waals surface area contributed by atoms with Crippen molar-refractivity contribution in [1.82, 2.24) is 0 Å². The summed E-state index contributed by atoms with van der Waals surface area (Å²) >= 11 is 0. The maximum Gasteiger partial charge on any atom is 0.0843 e. The van der Waals surface area contributed by atoms with Gasteiger partial charge in [-0.15, -0.1) is 0 Å². The molecule has 0 aliphatic rings. The molecule has 0 aromatic heterocycles. The van der Waals surface area contributed by atoms with Crippen molar-refractivity contribution in [1.29, 1.82) is 0 Å². The Morgan fingerprint density at radius 3 is 0.941 bits per heavy atom. The highest BCUT2D eigenvalue weighted by molar-refractivity contribution is 7.75. The van der Waals surface area contributed by atoms with Gasteiger partial charge in [0.2, 0.25) is 0 Å². The topological polar surface area (TPSA) is 0 Å². The van der Waals surface area contributed by atoms with Crippen molar-refractivity contribution < 1.29 is 0 Å². The van der Waals surface area contributed by atoms with Gasteiger partial charge in [0, 0.05) is 14.5 Å². The van der Waals surface area contributed by atoms with Crippen LogP contribution in [0.1, 0.15) is 130 Å². The molecule has 2 heteroatoms. The highest BCUT2D eigenvalue weighted by Crippen LogP contribution is 2.65. The van der Waals surface area contributed by atoms with E-state index >= 15 is 0 Å². The fourth-order valence-corrected chi connectivity index (χ4v) is 15.9. The van der Waals surface area contributed by atoms with Crippen molar-refractivity contribution in [3.05, 3.63) is 35.4 Å². The van der Waals surface area contributed by atoms with E-state index in [0.29, 0.717) is 0 Å². The van der Waals surface area contributed by atoms with Crippen molar-refractivity contribution in [3.8, 4) is 0 Å². The zero-order valence-electron chi connectivity index (χ0n) is 24.3. The van der Waals surface area contributed by atoms with Crippen molar-refractivity contribution in [2.45, 2.75) is 131 Å². The highest BCUT2D eigenvalue weighted by Gasteiger charge is 2.37. The van der Waals surface area contributed by atoms with Crippen LogP contribution in [0.4, 0.5) is 0 Å². The van der Waals surface area contributed by atoms with Crippen LogP contribution in [0.15, 0.2) is 24.3 Å². The van der Waals surface area contributed by atoms with E-state index in [9.17, 15) is 0 Å². The van der Waals surface area contributed by atoms with Crippen molar-refractivity contribution in [3.63, 3.8) is 0 Å². The van der Waals surface area contributed by atoms with Gasteiger partial charge >= 0.3 is 0 Å². The normalized spacial score (nSPS) is 12.4. The molecule has 34 heavy (non-hydrogen) atoms. The van der Waals surface area contributed by atoms with Gasteiger partial charge in [-0.1, -0.05) is 98.3 Å². The van der Waals surface area contributed by atoms with Crippen LogP contribution < -0.4 is 0 Å². The van der Waals surface area contributed by atoms with Gasteiger partial charge in [-0.3, -0.25) is 0 Å². The Balaban J connectivity index is 3.17. The summed E-state index contributed by atoms with van der Waals surface area (Å²) in [6.45, 7) is 14.3. The van der Waals surface area contributed by atoms with Crippen LogP contribution in [0, 0.1) is 0 Å². The van der Waals surface area contributed by atoms with E-state index in [1.54, 1.807) is 11.1 Å². The molecule has 0 aliphatic heterocycles. The Kier molecular flexibility index (Phi) is 18.2. The summed E-state index contributed by atoms with van der Waals surface area (Å²) in [7, 11) is -1.76. The molecule has 0 radical (unpaired) electrons. The van der Waals surface area contributed by atoms with E-state index in [-0.39, 0.29) is 0 Å². The Hall–Kier alpha value is 0.0800. The molecular formula is C32H62P2+2. The zero-order valence-corrected chi connectivity index (χ0v) is 26.1. The first-order valence-electron chi connectivity index (χ1n) is 15.3. The van der Waals surface area contributed by atoms with Crippen molar-refractivity contribution in [2.75, 3.05) is 37.0 Å². The summed E-state index contributed by atoms with van der Waals surface area (Å²) in [5.74, 6) is 0. The molecule has 0 saturated carbocycles. The molecule has 198 valence electrons. The summed E-state index contributed by atoms with van der Waals surface area (Å²) in [4.78, 5) is 0. The van der Waals surface area contributed by atoms with Gasteiger partial charge in [0.25, 0.3) is 0 Å². The molecule has 0 N–H and O–H groups in total. The molecule has 0 bridgehead atoms. The lowest BCUT2D eigenvalue weighted by molar-refractivity contribution is 0.831. The molecule has 0 nitrogen and oxygen atoms in total. The summed E-state index contributed by atoms with van der Waals surface area (Å²) in [5, 5.41) is 0. The molecule has 0 saturated heterocycles. The third-order valence-corrected chi connectivity index (χ3v) is 17.6. The summed E-state index contributed by atoms with van der Waals surface area (Å²) in [6.07, 6.45) is 28.9. The van der Waals surface area contributed by atoms with Crippen LogP contribution in [0.2, 0.25) is 0 Å². The van der Waals surface area contributed by atoms with Gasteiger partial charge in [0.15, 0.2) is 0 Å². The second-order valence-corrected chi connectivity index (χ2v) is 20.0. The van der Waals surface area contributed by atoms with Crippen LogP contribution in [-0.4, -0.2) is 37.0 Å². The van der Waals surface area contributed by atoms with Crippen molar-refractivity contribution in [2.24, 2.45) is 0 Å². The lowest BCUT2D eigenvalue weighted by atomic mass is 10.2. The first-order chi connectivity index (χ1) is 16.5. The molecule has 0 atom stereocenters. The second kappa shape index (κ2) is 19.2. The average Bonchev–Trinajstić information content (AvgIpc) is 2.86. The molecule has 1 rings (SSSR count). The van der Waals surface area contributed by atoms with E-state index in [1.807, 2.05) is 0 Å². The summed E-state index contributed by atoms with van der Waals surface area (Å²) in [5.41, 5.74) is 3.38. The van der Waals surface area contributed by atoms with Crippen LogP contribution in [0.5, 0.6) is 0 Å². The van der Waals surface area contributed by atoms with Crippen molar-refractivity contribution >= 4 is 14.5 Å². The number of hydrogen-bond acceptors (Lipinski definition) is 0. The van der Waals surface area contributed by atoms with E-state index < -0.39 is 14.5 Å². The first kappa shape index (κ1) is 32.1. The van der Waals surface area contributed by atoms with E-state index in [4.69, 9.17) is 0 Å². The predicted molar refractivity (Wildman–Crippen MR) is 166 cm³/mol. The SMILES string of the molecule is CCCC[P+](CCCC)(CCCC)Cc1cccc(C[P+](CCCC)(CCCC)CCCC)c1. The number of rotatable bonds is 22. The zero-order chi connectivity index (χ0) is 25.1. The third-order valence-electron chi connectivity index (χ3n) is 7.94. The first-order valence-corrected chi connectivity index (χ1v) is 20.4. The minimum absolute atomic E-state index is 0.882. The van der Waals surface area contributed by atoms with Crippen LogP contribution >= 0.6 is 14.5 Å². The molecular weight excluding hydrogens is 446 g/mol. The number of hydrogen-bond donors (Lipinski definition) is 0. The Morgan fingerprint density at radius 2 is 0.706 bits per heavy atom. The minimum atomic E-state index is -0.882. The lowest BCUT2D eigenvalue weighted by Gasteiger charge is -2.29. The van der Waals surface area contributed by atoms with Crippen LogP contribution in [0.3, 0.4) is 0 Å². The quantitative estimate of drug-likeness (QED) is 0.137. The maximum atomic E-state index is 2.69. The molecule has 0 heterocycles. The van der Waals surface area contributed by atoms with Gasteiger partial charge in [0.1, 0.15) is 0 Å². The van der Waals surface area contributed by atoms with E-state index in [1.165, 1.54) is 126 Å². The molecule has 1 aromatic rings. The van der Waals surface area contributed by atoms with E-state index in [2.05, 4.69) is 65.8 Å². The summed E-state index contributed by atoms with van der Waals surface area (Å²) < 4.78 is 0. The third kappa shape index (κ3) is 12.4. The van der Waals surface area contributed by atoms with Crippen LogP contribution in [-0.2, 0) is 12.3 Å². The Labute approximate surface area is 217 Å². The minimum Gasteiger partial charge on any atom is -0.0652 e. The molecule has 0 amide bonds. The predicted octanol–water partition coefficient (Wildman–Crippen LogP) is 11.5. The summed E-state index contributed by atoms with van der Waals surface area (Å²) in [6, 6.07) is 10.1. The largest absolute Gasteiger partial charge is 0.0843 e. The number of unbranched alkanes of at least 4 members (excludes halogenated alkanes) is 6. The maximum absolute atomic E-state index is 2.69. The Morgan fingerprint density at radius 1 is 0.441 bits per heavy atom. The second-order valence-electron chi connectivity index (χ2n) is 11.3. The lowest BCUT2D eigenvalue weighted by Crippen LogP contribution is -2.13. The monoisotopic (exact) mass is 508 g/mol. The standard InChI is InChI=1S/C32H62P2/c1-7-13-22-33(23-14-8-2,24-15-9-3)29-31-20-19-21-32(28-31)30-34(25-16-10-4,26-17-11-5)27-18-12-6/h19-21,28H,7-18,22-27,29-30H2,1-6H3/q+2. The van der Waals surface area contributed by atoms with Crippen LogP contribution in [0.25, 0.3) is 0 Å². The Bertz CT molecular complexity index is 516. The van der Waals surface area contributed by atoms with Gasteiger partial charge in [-0.2, -0.15) is 0 Å². The molecule has 0 unspecified atom stereocenters. The average molecular weight is 509 g/mol. The van der Waals surface area contributed by atoms with Gasteiger partial charge in [-0.25, -0.2) is 0 Å². The van der Waals surface area contributed by atoms with Gasteiger partial charge in [0.05, 0.1) is 49.3 Å². The fourth-order valence-electron chi connectivity index (χ4n) is 5.71. The molecule has 1 aromatic carbocycles. The fraction of sp³-hybridized carbons (Fsp3) is 0.812. The molecule has 0 spiro atoms. The van der Waals surface area contributed by atoms with Gasteiger partial charge in [-0.05, 0) is 55.7 Å². The number of benzene rings is 1. The molecule has 0 fully saturated rings. The molecule has 0 aliphatic carbocycles. The highest BCUT2D eigenvalue weighted by atomic mass is 31.2. The smallest absolute Gasteiger partial charge is 0.0652 e. The van der Waals surface area contributed by atoms with Gasteiger partial charge < -0.3 is 0 Å².